The zero-order valence-corrected chi connectivity index (χ0v) is 42.0. The number of ether oxygens (including phenoxy) is 10. The molecule has 23 nitrogen and oxygen atoms in total. The highest BCUT2D eigenvalue weighted by molar-refractivity contribution is 5.16. The third kappa shape index (κ3) is 9.59. The van der Waals surface area contributed by atoms with Gasteiger partial charge in [-0.15, -0.1) is 0 Å². The molecule has 6 saturated heterocycles. The quantitative estimate of drug-likeness (QED) is 0.0902. The molecule has 10 rings (SSSR count). The Morgan fingerprint density at radius 3 is 1.86 bits per heavy atom. The monoisotopic (exact) mass is 1050 g/mol. The number of fused-ring (bicyclic) bond motifs is 7. The van der Waals surface area contributed by atoms with Gasteiger partial charge in [0.2, 0.25) is 0 Å². The number of aliphatic hydroxyl groups excluding tert-OH is 13. The van der Waals surface area contributed by atoms with E-state index in [-0.39, 0.29) is 22.9 Å². The van der Waals surface area contributed by atoms with Crippen LogP contribution < -0.4 is 0 Å². The molecule has 4 saturated carbocycles. The van der Waals surface area contributed by atoms with Gasteiger partial charge in [0.1, 0.15) is 91.6 Å². The minimum Gasteiger partial charge on any atom is -0.394 e. The number of rotatable bonds is 11. The maximum Gasteiger partial charge on any atom is 0.187 e. The first-order chi connectivity index (χ1) is 34.6. The molecule has 0 radical (unpaired) electrons. The fourth-order valence-electron chi connectivity index (χ4n) is 15.8. The van der Waals surface area contributed by atoms with Crippen LogP contribution in [0, 0.1) is 52.3 Å². The third-order valence-corrected chi connectivity index (χ3v) is 20.0. The lowest BCUT2D eigenvalue weighted by Gasteiger charge is -2.62. The molecule has 0 aromatic rings. The Morgan fingerprint density at radius 1 is 0.548 bits per heavy atom. The van der Waals surface area contributed by atoms with Crippen molar-refractivity contribution in [2.45, 2.75) is 226 Å². The van der Waals surface area contributed by atoms with Gasteiger partial charge in [-0.2, -0.15) is 0 Å². The van der Waals surface area contributed by atoms with Crippen LogP contribution in [0.5, 0.6) is 0 Å². The summed E-state index contributed by atoms with van der Waals surface area (Å²) in [5.41, 5.74) is -0.0565. The van der Waals surface area contributed by atoms with Gasteiger partial charge in [-0.3, -0.25) is 0 Å². The van der Waals surface area contributed by atoms with Crippen LogP contribution in [0.1, 0.15) is 85.5 Å². The average Bonchev–Trinajstić information content (AvgIpc) is 3.82. The van der Waals surface area contributed by atoms with Crippen LogP contribution >= 0.6 is 0 Å². The van der Waals surface area contributed by atoms with Gasteiger partial charge in [-0.25, -0.2) is 0 Å². The number of hydrogen-bond acceptors (Lipinski definition) is 23. The van der Waals surface area contributed by atoms with Crippen molar-refractivity contribution in [3.8, 4) is 0 Å². The fraction of sp³-hybridized carbons (Fsp3) is 1.00. The van der Waals surface area contributed by atoms with Crippen LogP contribution in [-0.4, -0.2) is 240 Å². The van der Waals surface area contributed by atoms with Gasteiger partial charge in [0, 0.05) is 12.3 Å². The summed E-state index contributed by atoms with van der Waals surface area (Å²) in [7, 11) is 0. The summed E-state index contributed by atoms with van der Waals surface area (Å²) in [5, 5.41) is 141. The van der Waals surface area contributed by atoms with E-state index in [1.165, 1.54) is 0 Å². The smallest absolute Gasteiger partial charge is 0.187 e. The largest absolute Gasteiger partial charge is 0.394 e. The molecule has 13 N–H and O–H groups in total. The molecule has 0 unspecified atom stereocenters. The second-order valence-corrected chi connectivity index (χ2v) is 24.1. The van der Waals surface area contributed by atoms with Crippen LogP contribution in [0.4, 0.5) is 0 Å². The van der Waals surface area contributed by atoms with Crippen LogP contribution in [0.15, 0.2) is 0 Å². The highest BCUT2D eigenvalue weighted by Gasteiger charge is 2.70. The van der Waals surface area contributed by atoms with Crippen molar-refractivity contribution >= 4 is 0 Å². The highest BCUT2D eigenvalue weighted by atomic mass is 16.8. The van der Waals surface area contributed by atoms with Crippen LogP contribution in [0.2, 0.25) is 0 Å². The molecule has 0 bridgehead atoms. The zero-order chi connectivity index (χ0) is 52.2. The molecule has 0 aromatic carbocycles. The van der Waals surface area contributed by atoms with Crippen molar-refractivity contribution in [1.29, 1.82) is 0 Å². The van der Waals surface area contributed by atoms with Crippen molar-refractivity contribution < 1.29 is 114 Å². The zero-order valence-electron chi connectivity index (χ0n) is 42.0. The molecule has 32 atom stereocenters. The Bertz CT molecular complexity index is 1860. The second kappa shape index (κ2) is 21.3. The molecule has 0 amide bonds. The standard InChI is InChI=1S/C50H82O23/c1-19-7-10-50(66-16-19)20(2)32-28(73-50)12-24-22-6-5-21-11-27(25(53)13-49(21,4)23(22)8-9-48(24,32)3)67-45-40(62)38(60)35(57)31(70-45)18-65-47-43(72-46-41(63)37(59)34(56)29(14-51)68-46)42(36(58)30(15-52)69-47)71-44-39(61)33(55)26(54)17-64-44/h19-47,51-63H,5-18H2,1-4H3/t19-,20+,21+,22-,23+,24+,25-,26-,27-,28+,29-,30-,31-,32+,33+,34+,35+,36-,37+,38+,39-,40-,41-,42+,43-,44+,45-,46+,47-,48+,49+,50-/m1/s1. The minimum atomic E-state index is -1.99. The fourth-order valence-corrected chi connectivity index (χ4v) is 15.8. The molecule has 420 valence electrons. The van der Waals surface area contributed by atoms with E-state index in [1.54, 1.807) is 0 Å². The van der Waals surface area contributed by atoms with Crippen molar-refractivity contribution in [2.75, 3.05) is 33.0 Å². The van der Waals surface area contributed by atoms with Gasteiger partial charge < -0.3 is 114 Å². The van der Waals surface area contributed by atoms with Gasteiger partial charge in [-0.1, -0.05) is 27.7 Å². The first kappa shape index (κ1) is 55.4. The first-order valence-corrected chi connectivity index (χ1v) is 26.8. The highest BCUT2D eigenvalue weighted by Crippen LogP contribution is 2.71. The summed E-state index contributed by atoms with van der Waals surface area (Å²) in [6.07, 6.45) is -26.5. The maximum absolute atomic E-state index is 12.0. The van der Waals surface area contributed by atoms with Crippen molar-refractivity contribution in [3.63, 3.8) is 0 Å². The van der Waals surface area contributed by atoms with E-state index in [4.69, 9.17) is 47.4 Å². The molecular weight excluding hydrogens is 969 g/mol. The van der Waals surface area contributed by atoms with Crippen molar-refractivity contribution in [2.24, 2.45) is 52.3 Å². The molecule has 4 aliphatic carbocycles. The summed E-state index contributed by atoms with van der Waals surface area (Å²) >= 11 is 0. The van der Waals surface area contributed by atoms with E-state index in [1.807, 2.05) is 0 Å². The summed E-state index contributed by atoms with van der Waals surface area (Å²) in [4.78, 5) is 0. The lowest BCUT2D eigenvalue weighted by molar-refractivity contribution is -0.392. The number of hydrogen-bond donors (Lipinski definition) is 13. The summed E-state index contributed by atoms with van der Waals surface area (Å²) in [5.74, 6) is 2.34. The minimum absolute atomic E-state index is 0.130. The topological polar surface area (TPSA) is 355 Å². The number of aliphatic hydroxyl groups is 13. The molecule has 1 spiro atoms. The van der Waals surface area contributed by atoms with Gasteiger partial charge >= 0.3 is 0 Å². The molecule has 10 fully saturated rings. The van der Waals surface area contributed by atoms with Crippen LogP contribution in [0.25, 0.3) is 0 Å². The van der Waals surface area contributed by atoms with E-state index in [9.17, 15) is 66.4 Å². The lowest BCUT2D eigenvalue weighted by atomic mass is 9.44. The Kier molecular flexibility index (Phi) is 16.1. The summed E-state index contributed by atoms with van der Waals surface area (Å²) < 4.78 is 60.9. The van der Waals surface area contributed by atoms with Gasteiger partial charge in [0.15, 0.2) is 30.9 Å². The van der Waals surface area contributed by atoms with E-state index in [0.717, 1.165) is 51.6 Å². The molecule has 10 aliphatic rings. The van der Waals surface area contributed by atoms with Crippen molar-refractivity contribution in [3.05, 3.63) is 0 Å². The molecular formula is C50H82O23. The maximum atomic E-state index is 12.0. The molecule has 6 aliphatic heterocycles. The second-order valence-electron chi connectivity index (χ2n) is 24.1. The Labute approximate surface area is 424 Å². The Balaban J connectivity index is 0.815. The summed E-state index contributed by atoms with van der Waals surface area (Å²) in [6.45, 7) is 7.25. The van der Waals surface area contributed by atoms with Gasteiger partial charge in [0.25, 0.3) is 0 Å². The van der Waals surface area contributed by atoms with Gasteiger partial charge in [-0.05, 0) is 97.7 Å². The molecule has 6 heterocycles. The van der Waals surface area contributed by atoms with E-state index < -0.39 is 161 Å². The van der Waals surface area contributed by atoms with E-state index in [0.29, 0.717) is 48.3 Å². The predicted octanol–water partition coefficient (Wildman–Crippen LogP) is -3.30. The SMILES string of the molecule is C[C@@H]1CC[C@@]2(OC1)O[C@H]1C[C@H]3[C@@H]4CC[C@H]5C[C@@H](O[C@@H]6O[C@H](CO[C@@H]7O[C@H](CO)[C@@H](O)[C@H](O[C@@H]8OC[C@@H](O)[C@H](O)[C@H]8O)[C@H]7O[C@@H]7O[C@H](CO)[C@H](O)[C@H](O)[C@H]7O)[C@H](O)[C@H](O)[C@H]6O)[C@H](O)C[C@]5(C)[C@H]4CC[C@]3(C)[C@H]1[C@@H]2C. The van der Waals surface area contributed by atoms with Crippen molar-refractivity contribution in [1.82, 2.24) is 0 Å². The molecule has 0 aromatic heterocycles. The van der Waals surface area contributed by atoms with E-state index >= 15 is 0 Å². The summed E-state index contributed by atoms with van der Waals surface area (Å²) in [6, 6.07) is 0. The predicted molar refractivity (Wildman–Crippen MR) is 244 cm³/mol. The Hall–Kier alpha value is -0.920. The normalized spacial score (nSPS) is 58.2. The molecule has 73 heavy (non-hydrogen) atoms. The van der Waals surface area contributed by atoms with E-state index in [2.05, 4.69) is 27.7 Å². The molecule has 23 heteroatoms. The van der Waals surface area contributed by atoms with Gasteiger partial charge in [0.05, 0.1) is 51.3 Å². The lowest BCUT2D eigenvalue weighted by Crippen LogP contribution is -2.67. The first-order valence-electron chi connectivity index (χ1n) is 26.8. The third-order valence-electron chi connectivity index (χ3n) is 20.0. The van der Waals surface area contributed by atoms with Crippen LogP contribution in [-0.2, 0) is 47.4 Å². The Morgan fingerprint density at radius 2 is 1.18 bits per heavy atom. The van der Waals surface area contributed by atoms with Crippen LogP contribution in [0.3, 0.4) is 0 Å². The average molecular weight is 1050 g/mol.